The SMILES string of the molecule is CCOc1ccccc1NC(=O)NC1CCN(c2ccccc2)C1=O. The van der Waals surface area contributed by atoms with Gasteiger partial charge in [-0.15, -0.1) is 0 Å². The van der Waals surface area contributed by atoms with E-state index in [0.717, 1.165) is 5.69 Å². The fraction of sp³-hybridized carbons (Fsp3) is 0.263. The maximum atomic E-state index is 12.5. The second-order valence-corrected chi connectivity index (χ2v) is 5.69. The highest BCUT2D eigenvalue weighted by molar-refractivity contribution is 6.02. The molecule has 6 nitrogen and oxygen atoms in total. The minimum atomic E-state index is -0.528. The number of ether oxygens (including phenoxy) is 1. The summed E-state index contributed by atoms with van der Waals surface area (Å²) in [5.74, 6) is 0.503. The van der Waals surface area contributed by atoms with Crippen LogP contribution in [0.25, 0.3) is 0 Å². The van der Waals surface area contributed by atoms with Crippen LogP contribution in [-0.2, 0) is 4.79 Å². The lowest BCUT2D eigenvalue weighted by Gasteiger charge is -2.17. The molecule has 130 valence electrons. The molecular formula is C19H21N3O3. The van der Waals surface area contributed by atoms with Gasteiger partial charge in [-0.05, 0) is 37.6 Å². The van der Waals surface area contributed by atoms with E-state index in [-0.39, 0.29) is 5.91 Å². The fourth-order valence-electron chi connectivity index (χ4n) is 2.85. The number of para-hydroxylation sites is 3. The third kappa shape index (κ3) is 3.91. The van der Waals surface area contributed by atoms with Crippen LogP contribution in [0.2, 0.25) is 0 Å². The lowest BCUT2D eigenvalue weighted by molar-refractivity contribution is -0.118. The Kier molecular flexibility index (Phi) is 5.18. The second kappa shape index (κ2) is 7.70. The molecule has 1 atom stereocenters. The number of nitrogens with one attached hydrogen (secondary N) is 2. The number of hydrogen-bond acceptors (Lipinski definition) is 3. The number of amides is 3. The van der Waals surface area contributed by atoms with Crippen LogP contribution in [0.1, 0.15) is 13.3 Å². The van der Waals surface area contributed by atoms with E-state index in [9.17, 15) is 9.59 Å². The highest BCUT2D eigenvalue weighted by Gasteiger charge is 2.33. The molecule has 2 aromatic rings. The number of carbonyl (C=O) groups is 2. The zero-order valence-electron chi connectivity index (χ0n) is 14.1. The van der Waals surface area contributed by atoms with E-state index in [4.69, 9.17) is 4.74 Å². The van der Waals surface area contributed by atoms with Gasteiger partial charge in [-0.1, -0.05) is 30.3 Å². The van der Waals surface area contributed by atoms with Crippen LogP contribution in [0.5, 0.6) is 5.75 Å². The molecule has 25 heavy (non-hydrogen) atoms. The summed E-state index contributed by atoms with van der Waals surface area (Å²) in [7, 11) is 0. The van der Waals surface area contributed by atoms with Crippen molar-refractivity contribution in [3.8, 4) is 5.75 Å². The van der Waals surface area contributed by atoms with E-state index in [2.05, 4.69) is 10.6 Å². The zero-order valence-corrected chi connectivity index (χ0v) is 14.1. The van der Waals surface area contributed by atoms with E-state index >= 15 is 0 Å². The molecule has 1 aliphatic heterocycles. The fourth-order valence-corrected chi connectivity index (χ4v) is 2.85. The Hall–Kier alpha value is -3.02. The summed E-state index contributed by atoms with van der Waals surface area (Å²) < 4.78 is 5.49. The Bertz CT molecular complexity index is 749. The van der Waals surface area contributed by atoms with Gasteiger partial charge in [0.1, 0.15) is 11.8 Å². The summed E-state index contributed by atoms with van der Waals surface area (Å²) in [5.41, 5.74) is 1.42. The molecule has 1 saturated heterocycles. The zero-order chi connectivity index (χ0) is 17.6. The van der Waals surface area contributed by atoms with Gasteiger partial charge in [-0.3, -0.25) is 4.79 Å². The van der Waals surface area contributed by atoms with Crippen LogP contribution >= 0.6 is 0 Å². The summed E-state index contributed by atoms with van der Waals surface area (Å²) in [6.45, 7) is 2.98. The van der Waals surface area contributed by atoms with Crippen molar-refractivity contribution in [3.63, 3.8) is 0 Å². The highest BCUT2D eigenvalue weighted by atomic mass is 16.5. The number of urea groups is 1. The average molecular weight is 339 g/mol. The van der Waals surface area contributed by atoms with Gasteiger partial charge in [-0.25, -0.2) is 4.79 Å². The number of rotatable bonds is 5. The molecule has 2 N–H and O–H groups in total. The molecule has 1 heterocycles. The predicted octanol–water partition coefficient (Wildman–Crippen LogP) is 3.01. The molecule has 0 aliphatic carbocycles. The van der Waals surface area contributed by atoms with Gasteiger partial charge < -0.3 is 20.3 Å². The van der Waals surface area contributed by atoms with Crippen molar-refractivity contribution in [2.75, 3.05) is 23.4 Å². The Morgan fingerprint density at radius 2 is 1.88 bits per heavy atom. The van der Waals surface area contributed by atoms with Crippen molar-refractivity contribution in [2.45, 2.75) is 19.4 Å². The van der Waals surface area contributed by atoms with Crippen LogP contribution in [0, 0.1) is 0 Å². The van der Waals surface area contributed by atoms with Crippen molar-refractivity contribution in [1.82, 2.24) is 5.32 Å². The molecule has 3 rings (SSSR count). The first-order chi connectivity index (χ1) is 12.2. The van der Waals surface area contributed by atoms with Crippen molar-refractivity contribution in [3.05, 3.63) is 54.6 Å². The first kappa shape index (κ1) is 16.8. The minimum absolute atomic E-state index is 0.0977. The molecule has 1 aliphatic rings. The Morgan fingerprint density at radius 1 is 1.16 bits per heavy atom. The van der Waals surface area contributed by atoms with Crippen LogP contribution in [0.3, 0.4) is 0 Å². The maximum Gasteiger partial charge on any atom is 0.319 e. The first-order valence-electron chi connectivity index (χ1n) is 8.35. The molecule has 0 spiro atoms. The first-order valence-corrected chi connectivity index (χ1v) is 8.35. The Morgan fingerprint density at radius 3 is 2.64 bits per heavy atom. The Balaban J connectivity index is 1.62. The largest absolute Gasteiger partial charge is 0.492 e. The molecule has 1 fully saturated rings. The number of hydrogen-bond donors (Lipinski definition) is 2. The molecule has 1 unspecified atom stereocenters. The molecule has 2 aromatic carbocycles. The number of carbonyl (C=O) groups excluding carboxylic acids is 2. The van der Waals surface area contributed by atoms with Crippen molar-refractivity contribution in [2.24, 2.45) is 0 Å². The maximum absolute atomic E-state index is 12.5. The lowest BCUT2D eigenvalue weighted by atomic mass is 10.2. The number of anilines is 2. The van der Waals surface area contributed by atoms with Crippen molar-refractivity contribution < 1.29 is 14.3 Å². The topological polar surface area (TPSA) is 70.7 Å². The quantitative estimate of drug-likeness (QED) is 0.880. The molecule has 0 saturated carbocycles. The average Bonchev–Trinajstić information content (AvgIpc) is 2.98. The van der Waals surface area contributed by atoms with E-state index < -0.39 is 12.1 Å². The van der Waals surface area contributed by atoms with Crippen LogP contribution in [0.4, 0.5) is 16.2 Å². The Labute approximate surface area is 146 Å². The molecule has 3 amide bonds. The number of nitrogens with zero attached hydrogens (tertiary/aromatic N) is 1. The lowest BCUT2D eigenvalue weighted by Crippen LogP contribution is -2.43. The third-order valence-corrected chi connectivity index (χ3v) is 4.01. The third-order valence-electron chi connectivity index (χ3n) is 4.01. The van der Waals surface area contributed by atoms with Crippen LogP contribution < -0.4 is 20.3 Å². The van der Waals surface area contributed by atoms with E-state index in [1.165, 1.54) is 0 Å². The minimum Gasteiger partial charge on any atom is -0.492 e. The van der Waals surface area contributed by atoms with Crippen molar-refractivity contribution >= 4 is 23.3 Å². The summed E-state index contributed by atoms with van der Waals surface area (Å²) in [6.07, 6.45) is 0.578. The summed E-state index contributed by atoms with van der Waals surface area (Å²) in [4.78, 5) is 26.5. The van der Waals surface area contributed by atoms with Crippen molar-refractivity contribution in [1.29, 1.82) is 0 Å². The molecule has 6 heteroatoms. The van der Waals surface area contributed by atoms with E-state index in [1.807, 2.05) is 49.4 Å². The molecule has 0 aromatic heterocycles. The normalized spacial score (nSPS) is 16.6. The van der Waals surface area contributed by atoms with Gasteiger partial charge >= 0.3 is 6.03 Å². The molecule has 0 radical (unpaired) electrons. The van der Waals surface area contributed by atoms with Crippen LogP contribution in [0.15, 0.2) is 54.6 Å². The predicted molar refractivity (Wildman–Crippen MR) is 97.0 cm³/mol. The molecule has 0 bridgehead atoms. The highest BCUT2D eigenvalue weighted by Crippen LogP contribution is 2.24. The smallest absolute Gasteiger partial charge is 0.319 e. The standard InChI is InChI=1S/C19H21N3O3/c1-2-25-17-11-7-6-10-15(17)20-19(24)21-16-12-13-22(18(16)23)14-8-4-3-5-9-14/h3-11,16H,2,12-13H2,1H3,(H2,20,21,24). The second-order valence-electron chi connectivity index (χ2n) is 5.69. The van der Waals surface area contributed by atoms with E-state index in [1.54, 1.807) is 17.0 Å². The van der Waals surface area contributed by atoms with Gasteiger partial charge in [0.2, 0.25) is 5.91 Å². The van der Waals surface area contributed by atoms with Gasteiger partial charge in [0.05, 0.1) is 12.3 Å². The summed E-state index contributed by atoms with van der Waals surface area (Å²) >= 11 is 0. The van der Waals surface area contributed by atoms with Gasteiger partial charge in [-0.2, -0.15) is 0 Å². The van der Waals surface area contributed by atoms with Gasteiger partial charge in [0.25, 0.3) is 0 Å². The summed E-state index contributed by atoms with van der Waals surface area (Å²) in [6, 6.07) is 15.7. The monoisotopic (exact) mass is 339 g/mol. The molecular weight excluding hydrogens is 318 g/mol. The van der Waals surface area contributed by atoms with Gasteiger partial charge in [0, 0.05) is 12.2 Å². The van der Waals surface area contributed by atoms with Gasteiger partial charge in [0.15, 0.2) is 0 Å². The number of benzene rings is 2. The van der Waals surface area contributed by atoms with E-state index in [0.29, 0.717) is 31.0 Å². The summed E-state index contributed by atoms with van der Waals surface area (Å²) in [5, 5.41) is 5.50. The van der Waals surface area contributed by atoms with Crippen LogP contribution in [-0.4, -0.2) is 31.1 Å².